The number of anilines is 4. The van der Waals surface area contributed by atoms with E-state index < -0.39 is 42.4 Å². The average molecular weight is 1040 g/mol. The van der Waals surface area contributed by atoms with Gasteiger partial charge in [0.15, 0.2) is 0 Å². The highest BCUT2D eigenvalue weighted by Crippen LogP contribution is 2.50. The van der Waals surface area contributed by atoms with E-state index in [1.165, 1.54) is 31.1 Å². The van der Waals surface area contributed by atoms with Crippen LogP contribution < -0.4 is 22.9 Å². The largest absolute Gasteiger partial charge is 0.454 e. The number of nitrogen functional groups attached to an aromatic ring is 4. The van der Waals surface area contributed by atoms with Crippen LogP contribution in [0.25, 0.3) is 43.9 Å². The second-order valence-corrected chi connectivity index (χ2v) is 21.9. The van der Waals surface area contributed by atoms with Crippen molar-refractivity contribution in [2.24, 2.45) is 10.8 Å². The lowest BCUT2D eigenvalue weighted by atomic mass is 9.80. The van der Waals surface area contributed by atoms with E-state index in [1.54, 1.807) is 0 Å². The summed E-state index contributed by atoms with van der Waals surface area (Å²) in [6.45, 7) is 4.08. The molecule has 8 atom stereocenters. The van der Waals surface area contributed by atoms with Gasteiger partial charge in [-0.1, -0.05) is 51.0 Å². The van der Waals surface area contributed by atoms with Crippen molar-refractivity contribution in [1.82, 2.24) is 39.0 Å². The molecular weight excluding hydrogens is 979 g/mol. The maximum absolute atomic E-state index is 11.0. The quantitative estimate of drug-likeness (QED) is 0.0686. The maximum Gasteiger partial charge on any atom is 0.454 e. The van der Waals surface area contributed by atoms with E-state index in [0.29, 0.717) is 53.3 Å². The van der Waals surface area contributed by atoms with Crippen LogP contribution in [-0.4, -0.2) is 101 Å². The number of benzene rings is 2. The molecule has 0 saturated heterocycles. The molecule has 0 aliphatic heterocycles. The number of halogens is 1. The number of aliphatic hydroxyl groups excluding tert-OH is 4. The first-order chi connectivity index (χ1) is 34.4. The summed E-state index contributed by atoms with van der Waals surface area (Å²) in [5.41, 5.74) is 29.7. The first-order valence-electron chi connectivity index (χ1n) is 24.7. The lowest BCUT2D eigenvalue weighted by Crippen LogP contribution is -2.35. The van der Waals surface area contributed by atoms with Gasteiger partial charge < -0.3 is 62.5 Å². The Morgan fingerprint density at radius 3 is 1.53 bits per heavy atom. The number of nitrogens with two attached hydrogens (primary N) is 4. The van der Waals surface area contributed by atoms with E-state index in [4.69, 9.17) is 33.0 Å². The fourth-order valence-electron chi connectivity index (χ4n) is 11.0. The molecule has 4 aliphatic rings. The third-order valence-corrected chi connectivity index (χ3v) is 16.5. The van der Waals surface area contributed by atoms with Crippen LogP contribution in [-0.2, 0) is 12.8 Å². The number of hydrogen-bond donors (Lipinski definition) is 10. The number of nitrogens with zero attached hydrogens (tertiary/aromatic N) is 8. The van der Waals surface area contributed by atoms with Gasteiger partial charge in [0.25, 0.3) is 0 Å². The standard InChI is InChI=1S/C26H30N6O2.C23H25BrN6O2.C3H7BO2/c1-26(8-6-14-2-3-16-11-18(15-4-5-15)24(28)31-19(16)10-14)12-20(21(33)22(26)34)32-9-7-17-23(27)29-13-30-25(17)32;1-23(6-4-12-2-3-13-9-15(24)21(26)29-16(13)8-12)10-17(18(31)19(23)32)30-7-5-14-20(25)27-11-28-22(14)30;5-4(6)3-1-2-3/h2-3,7,9-11,13,15,20-22,33-34H,4-6,8,12H2,1H3,(H2,28,31)(H2,27,29,30);2-3,5,7-9,11,17-19,31-32H,4,6,10H2,1H3,(H2,26,29)(H2,25,27,28);3,5-6H,1-2H2/t20-,21+,22+,26+;17-,18+,19+,23+;/m11./s1. The normalized spacial score (nSPS) is 26.0. The van der Waals surface area contributed by atoms with Crippen LogP contribution >= 0.6 is 15.9 Å². The second kappa shape index (κ2) is 19.5. The molecule has 4 aliphatic carbocycles. The van der Waals surface area contributed by atoms with Crippen LogP contribution in [0.1, 0.15) is 99.9 Å². The predicted molar refractivity (Wildman–Crippen MR) is 283 cm³/mol. The molecule has 6 heterocycles. The molecule has 14 N–H and O–H groups in total. The third-order valence-electron chi connectivity index (χ3n) is 15.8. The zero-order chi connectivity index (χ0) is 50.8. The SMILES string of the molecule is C[C@]1(CCc2ccc3cc(Br)c(N)nc3c2)C[C@@H](n2ccc3c(N)ncnc32)[C@H](O)[C@@H]1O.C[C@]1(CCc2ccc3cc(C4CC4)c(N)nc3c2)C[C@@H](n2ccc3c(N)ncnc32)[C@H](O)[C@@H]1O.OB(O)C1CC1. The predicted octanol–water partition coefficient (Wildman–Crippen LogP) is 6.16. The van der Waals surface area contributed by atoms with Crippen molar-refractivity contribution >= 4 is 90.2 Å². The highest BCUT2D eigenvalue weighted by atomic mass is 79.9. The molecular formula is C52H62BBrN12O6. The van der Waals surface area contributed by atoms with Gasteiger partial charge in [-0.15, -0.1) is 0 Å². The van der Waals surface area contributed by atoms with Gasteiger partial charge in [-0.05, 0) is 143 Å². The molecule has 72 heavy (non-hydrogen) atoms. The van der Waals surface area contributed by atoms with Crippen molar-refractivity contribution in [2.75, 3.05) is 22.9 Å². The monoisotopic (exact) mass is 1040 g/mol. The van der Waals surface area contributed by atoms with Crippen LogP contribution in [0, 0.1) is 10.8 Å². The Hall–Kier alpha value is -6.00. The molecule has 4 fully saturated rings. The molecule has 0 unspecified atom stereocenters. The van der Waals surface area contributed by atoms with Crippen LogP contribution in [0.3, 0.4) is 0 Å². The Labute approximate surface area is 424 Å². The van der Waals surface area contributed by atoms with Crippen LogP contribution in [0.5, 0.6) is 0 Å². The summed E-state index contributed by atoms with van der Waals surface area (Å²) in [7, 11) is -1.04. The summed E-state index contributed by atoms with van der Waals surface area (Å²) < 4.78 is 4.61. The van der Waals surface area contributed by atoms with Crippen LogP contribution in [0.2, 0.25) is 5.82 Å². The maximum atomic E-state index is 11.0. The van der Waals surface area contributed by atoms with Crippen molar-refractivity contribution in [3.8, 4) is 0 Å². The molecule has 376 valence electrons. The number of hydrogen-bond acceptors (Lipinski definition) is 16. The van der Waals surface area contributed by atoms with Crippen molar-refractivity contribution in [3.63, 3.8) is 0 Å². The molecule has 18 nitrogen and oxygen atoms in total. The van der Waals surface area contributed by atoms with Gasteiger partial charge in [0.1, 0.15) is 59.4 Å². The Bertz CT molecular complexity index is 3300. The van der Waals surface area contributed by atoms with Gasteiger partial charge in [0.05, 0.1) is 50.6 Å². The Kier molecular flexibility index (Phi) is 13.4. The summed E-state index contributed by atoms with van der Waals surface area (Å²) in [5, 5.41) is 64.0. The van der Waals surface area contributed by atoms with E-state index in [-0.39, 0.29) is 17.9 Å². The van der Waals surface area contributed by atoms with Gasteiger partial charge in [-0.25, -0.2) is 29.9 Å². The fourth-order valence-corrected chi connectivity index (χ4v) is 11.3. The van der Waals surface area contributed by atoms with E-state index in [0.717, 1.165) is 86.7 Å². The van der Waals surface area contributed by atoms with Gasteiger partial charge >= 0.3 is 7.12 Å². The summed E-state index contributed by atoms with van der Waals surface area (Å²) in [5.74, 6) is 2.70. The lowest BCUT2D eigenvalue weighted by molar-refractivity contribution is -0.0241. The molecule has 8 aromatic rings. The highest BCUT2D eigenvalue weighted by molar-refractivity contribution is 9.10. The van der Waals surface area contributed by atoms with Gasteiger partial charge in [-0.3, -0.25) is 0 Å². The number of aryl methyl sites for hydroxylation is 2. The Morgan fingerprint density at radius 2 is 1.08 bits per heavy atom. The molecule has 4 saturated carbocycles. The zero-order valence-electron chi connectivity index (χ0n) is 40.3. The van der Waals surface area contributed by atoms with Crippen LogP contribution in [0.4, 0.5) is 23.3 Å². The smallest absolute Gasteiger partial charge is 0.427 e. The molecule has 0 spiro atoms. The van der Waals surface area contributed by atoms with E-state index in [2.05, 4.69) is 83.1 Å². The van der Waals surface area contributed by atoms with Gasteiger partial charge in [0, 0.05) is 23.2 Å². The number of aromatic nitrogens is 8. The van der Waals surface area contributed by atoms with E-state index in [9.17, 15) is 20.4 Å². The molecule has 12 rings (SSSR count). The minimum absolute atomic E-state index is 0.213. The lowest BCUT2D eigenvalue weighted by Gasteiger charge is -2.28. The van der Waals surface area contributed by atoms with Gasteiger partial charge in [-0.2, -0.15) is 0 Å². The van der Waals surface area contributed by atoms with Crippen molar-refractivity contribution in [3.05, 3.63) is 107 Å². The fraction of sp³-hybridized carbons (Fsp3) is 0.423. The third kappa shape index (κ3) is 9.68. The minimum atomic E-state index is -1.04. The van der Waals surface area contributed by atoms with Crippen molar-refractivity contribution in [1.29, 1.82) is 0 Å². The van der Waals surface area contributed by atoms with Crippen molar-refractivity contribution in [2.45, 2.75) is 126 Å². The summed E-state index contributed by atoms with van der Waals surface area (Å²) >= 11 is 3.41. The summed E-state index contributed by atoms with van der Waals surface area (Å²) in [6, 6.07) is 19.8. The number of fused-ring (bicyclic) bond motifs is 4. The van der Waals surface area contributed by atoms with E-state index in [1.807, 2.05) is 58.8 Å². The number of pyridine rings is 2. The van der Waals surface area contributed by atoms with Gasteiger partial charge in [0.2, 0.25) is 0 Å². The molecule has 20 heteroatoms. The molecule has 0 amide bonds. The molecule has 0 bridgehead atoms. The van der Waals surface area contributed by atoms with E-state index >= 15 is 0 Å². The highest BCUT2D eigenvalue weighted by Gasteiger charge is 2.51. The first-order valence-corrected chi connectivity index (χ1v) is 25.5. The number of rotatable bonds is 10. The van der Waals surface area contributed by atoms with Crippen LogP contribution in [0.15, 0.2) is 90.2 Å². The minimum Gasteiger partial charge on any atom is -0.427 e. The first kappa shape index (κ1) is 49.6. The molecule has 0 radical (unpaired) electrons. The molecule has 2 aromatic carbocycles. The summed E-state index contributed by atoms with van der Waals surface area (Å²) in [6.07, 6.45) is 11.7. The second-order valence-electron chi connectivity index (χ2n) is 21.1. The topological polar surface area (TPSA) is 313 Å². The average Bonchev–Trinajstić information content (AvgIpc) is 4.28. The Balaban J connectivity index is 0.000000149. The van der Waals surface area contributed by atoms with Crippen molar-refractivity contribution < 1.29 is 30.5 Å². The molecule has 6 aromatic heterocycles. The summed E-state index contributed by atoms with van der Waals surface area (Å²) in [4.78, 5) is 25.9. The zero-order valence-corrected chi connectivity index (χ0v) is 41.9. The number of aliphatic hydroxyl groups is 4. The Morgan fingerprint density at radius 1 is 0.611 bits per heavy atom.